The highest BCUT2D eigenvalue weighted by molar-refractivity contribution is 5.93. The third kappa shape index (κ3) is 5.46. The van der Waals surface area contributed by atoms with Gasteiger partial charge in [-0.05, 0) is 11.6 Å². The van der Waals surface area contributed by atoms with Crippen LogP contribution in [0.1, 0.15) is 0 Å². The Morgan fingerprint density at radius 2 is 0.818 bits per heavy atom. The van der Waals surface area contributed by atoms with Gasteiger partial charge in [-0.2, -0.15) is 9.97 Å². The molecule has 0 spiro atoms. The van der Waals surface area contributed by atoms with Crippen molar-refractivity contribution in [3.8, 4) is 56.4 Å². The summed E-state index contributed by atoms with van der Waals surface area (Å²) in [6, 6.07) is 53.3. The molecule has 5 heteroatoms. The van der Waals surface area contributed by atoms with Gasteiger partial charge in [-0.1, -0.05) is 152 Å². The van der Waals surface area contributed by atoms with Crippen LogP contribution in [-0.2, 0) is 0 Å². The zero-order valence-electron chi connectivity index (χ0n) is 24.2. The van der Waals surface area contributed by atoms with E-state index in [4.69, 9.17) is 19.9 Å². The van der Waals surface area contributed by atoms with E-state index in [2.05, 4.69) is 54.6 Å². The van der Waals surface area contributed by atoms with Crippen LogP contribution in [0.25, 0.3) is 56.4 Å². The topological polar surface area (TPSA) is 54.8 Å². The first kappa shape index (κ1) is 26.9. The minimum Gasteiger partial charge on any atom is -0.311 e. The standard InChI is InChI=1S/C39H29N5/c1-44(39-42-37(31-23-13-5-14-24-31)41-38(43-39)32-25-15-6-16-26-32)36-33(28-17-7-2-8-18-28)27-34(29-19-9-3-10-20-29)40-35(36)30-21-11-4-12-22-30/h2-27H,1H3. The summed E-state index contributed by atoms with van der Waals surface area (Å²) in [5.74, 6) is 1.75. The molecule has 2 heterocycles. The van der Waals surface area contributed by atoms with Crippen LogP contribution in [0.3, 0.4) is 0 Å². The number of rotatable bonds is 7. The first-order valence-electron chi connectivity index (χ1n) is 14.6. The van der Waals surface area contributed by atoms with Crippen LogP contribution in [0.15, 0.2) is 158 Å². The zero-order valence-corrected chi connectivity index (χ0v) is 24.2. The van der Waals surface area contributed by atoms with Crippen molar-refractivity contribution in [3.05, 3.63) is 158 Å². The highest BCUT2D eigenvalue weighted by Gasteiger charge is 2.23. The fourth-order valence-corrected chi connectivity index (χ4v) is 5.32. The van der Waals surface area contributed by atoms with Crippen molar-refractivity contribution in [3.63, 3.8) is 0 Å². The summed E-state index contributed by atoms with van der Waals surface area (Å²) in [4.78, 5) is 22.3. The second-order valence-electron chi connectivity index (χ2n) is 10.4. The number of pyridine rings is 1. The van der Waals surface area contributed by atoms with Gasteiger partial charge in [0.25, 0.3) is 0 Å². The van der Waals surface area contributed by atoms with Crippen LogP contribution in [0.5, 0.6) is 0 Å². The summed E-state index contributed by atoms with van der Waals surface area (Å²) in [5, 5.41) is 0. The van der Waals surface area contributed by atoms with Crippen LogP contribution < -0.4 is 4.90 Å². The molecule has 0 bridgehead atoms. The lowest BCUT2D eigenvalue weighted by Crippen LogP contribution is -2.17. The van der Waals surface area contributed by atoms with Gasteiger partial charge in [-0.25, -0.2) is 9.97 Å². The van der Waals surface area contributed by atoms with E-state index in [1.165, 1.54) is 0 Å². The molecule has 0 amide bonds. The molecule has 0 atom stereocenters. The van der Waals surface area contributed by atoms with Gasteiger partial charge in [0.1, 0.15) is 0 Å². The molecule has 0 aliphatic heterocycles. The van der Waals surface area contributed by atoms with E-state index in [0.717, 1.165) is 50.5 Å². The van der Waals surface area contributed by atoms with E-state index < -0.39 is 0 Å². The van der Waals surface area contributed by atoms with Crippen LogP contribution in [-0.4, -0.2) is 27.0 Å². The average Bonchev–Trinajstić information content (AvgIpc) is 3.12. The van der Waals surface area contributed by atoms with E-state index in [9.17, 15) is 0 Å². The van der Waals surface area contributed by atoms with Gasteiger partial charge in [0.05, 0.1) is 17.1 Å². The van der Waals surface area contributed by atoms with Crippen LogP contribution >= 0.6 is 0 Å². The van der Waals surface area contributed by atoms with Crippen LogP contribution in [0.2, 0.25) is 0 Å². The van der Waals surface area contributed by atoms with Crippen molar-refractivity contribution in [1.29, 1.82) is 0 Å². The Kier molecular flexibility index (Phi) is 7.42. The van der Waals surface area contributed by atoms with E-state index in [1.807, 2.05) is 115 Å². The van der Waals surface area contributed by atoms with Gasteiger partial charge < -0.3 is 4.90 Å². The molecule has 0 fully saturated rings. The van der Waals surface area contributed by atoms with E-state index in [-0.39, 0.29) is 0 Å². The van der Waals surface area contributed by atoms with Gasteiger partial charge in [-0.3, -0.25) is 0 Å². The molecule has 0 unspecified atom stereocenters. The molecule has 0 N–H and O–H groups in total. The lowest BCUT2D eigenvalue weighted by atomic mass is 9.97. The minimum absolute atomic E-state index is 0.529. The lowest BCUT2D eigenvalue weighted by molar-refractivity contribution is 0.996. The average molecular weight is 568 g/mol. The molecule has 0 aliphatic rings. The third-order valence-corrected chi connectivity index (χ3v) is 7.52. The number of anilines is 2. The zero-order chi connectivity index (χ0) is 29.7. The van der Waals surface area contributed by atoms with Gasteiger partial charge in [0.15, 0.2) is 11.6 Å². The van der Waals surface area contributed by atoms with Crippen LogP contribution in [0.4, 0.5) is 11.6 Å². The third-order valence-electron chi connectivity index (χ3n) is 7.52. The smallest absolute Gasteiger partial charge is 0.233 e. The Morgan fingerprint density at radius 3 is 1.30 bits per heavy atom. The summed E-state index contributed by atoms with van der Waals surface area (Å²) in [7, 11) is 2.01. The maximum atomic E-state index is 5.29. The van der Waals surface area contributed by atoms with E-state index in [0.29, 0.717) is 17.6 Å². The van der Waals surface area contributed by atoms with Crippen molar-refractivity contribution in [1.82, 2.24) is 19.9 Å². The SMILES string of the molecule is CN(c1nc(-c2ccccc2)nc(-c2ccccc2)n1)c1c(-c2ccccc2)cc(-c2ccccc2)nc1-c1ccccc1. The van der Waals surface area contributed by atoms with Crippen LogP contribution in [0, 0.1) is 0 Å². The highest BCUT2D eigenvalue weighted by Crippen LogP contribution is 2.42. The number of hydrogen-bond acceptors (Lipinski definition) is 5. The molecule has 210 valence electrons. The Bertz CT molecular complexity index is 1880. The molecule has 7 aromatic rings. The van der Waals surface area contributed by atoms with Gasteiger partial charge in [0, 0.05) is 34.9 Å². The maximum Gasteiger partial charge on any atom is 0.233 e. The van der Waals surface area contributed by atoms with Crippen molar-refractivity contribution in [2.75, 3.05) is 11.9 Å². The van der Waals surface area contributed by atoms with Crippen molar-refractivity contribution < 1.29 is 0 Å². The molecule has 7 rings (SSSR count). The quantitative estimate of drug-likeness (QED) is 0.192. The second kappa shape index (κ2) is 12.1. The molecular formula is C39H29N5. The highest BCUT2D eigenvalue weighted by atomic mass is 15.3. The molecule has 2 aromatic heterocycles. The molecular weight excluding hydrogens is 538 g/mol. The number of hydrogen-bond donors (Lipinski definition) is 0. The monoisotopic (exact) mass is 567 g/mol. The van der Waals surface area contributed by atoms with Crippen molar-refractivity contribution in [2.24, 2.45) is 0 Å². The minimum atomic E-state index is 0.529. The lowest BCUT2D eigenvalue weighted by Gasteiger charge is -2.25. The fraction of sp³-hybridized carbons (Fsp3) is 0.0256. The molecule has 5 nitrogen and oxygen atoms in total. The van der Waals surface area contributed by atoms with Gasteiger partial charge >= 0.3 is 0 Å². The maximum absolute atomic E-state index is 5.29. The normalized spacial score (nSPS) is 10.8. The first-order chi connectivity index (χ1) is 21.7. The largest absolute Gasteiger partial charge is 0.311 e. The van der Waals surface area contributed by atoms with Gasteiger partial charge in [-0.15, -0.1) is 0 Å². The summed E-state index contributed by atoms with van der Waals surface area (Å²) >= 11 is 0. The fourth-order valence-electron chi connectivity index (χ4n) is 5.32. The number of nitrogens with zero attached hydrogens (tertiary/aromatic N) is 5. The summed E-state index contributed by atoms with van der Waals surface area (Å²) in [6.07, 6.45) is 0. The molecule has 0 saturated heterocycles. The Labute approximate surface area is 257 Å². The number of benzene rings is 5. The second-order valence-corrected chi connectivity index (χ2v) is 10.4. The van der Waals surface area contributed by atoms with Crippen molar-refractivity contribution in [2.45, 2.75) is 0 Å². The van der Waals surface area contributed by atoms with Gasteiger partial charge in [0.2, 0.25) is 5.95 Å². The Morgan fingerprint density at radius 1 is 0.409 bits per heavy atom. The summed E-state index contributed by atoms with van der Waals surface area (Å²) in [5.41, 5.74) is 8.65. The van der Waals surface area contributed by atoms with Crippen molar-refractivity contribution >= 4 is 11.6 Å². The summed E-state index contributed by atoms with van der Waals surface area (Å²) in [6.45, 7) is 0. The summed E-state index contributed by atoms with van der Waals surface area (Å²) < 4.78 is 0. The molecule has 0 aliphatic carbocycles. The predicted octanol–water partition coefficient (Wildman–Crippen LogP) is 9.37. The Hall–Kier alpha value is -5.94. The molecule has 0 radical (unpaired) electrons. The Balaban J connectivity index is 1.50. The number of aromatic nitrogens is 4. The molecule has 5 aromatic carbocycles. The predicted molar refractivity (Wildman–Crippen MR) is 179 cm³/mol. The molecule has 0 saturated carbocycles. The van der Waals surface area contributed by atoms with E-state index in [1.54, 1.807) is 0 Å². The molecule has 44 heavy (non-hydrogen) atoms. The van der Waals surface area contributed by atoms with E-state index >= 15 is 0 Å². The first-order valence-corrected chi connectivity index (χ1v) is 14.6.